The molecule has 2 aromatic rings. The van der Waals surface area contributed by atoms with Crippen LogP contribution in [0.1, 0.15) is 57.7 Å². The van der Waals surface area contributed by atoms with E-state index in [1.54, 1.807) is 35.6 Å². The van der Waals surface area contributed by atoms with E-state index in [9.17, 15) is 9.59 Å². The van der Waals surface area contributed by atoms with E-state index >= 15 is 0 Å². The summed E-state index contributed by atoms with van der Waals surface area (Å²) in [5, 5.41) is 2.89. The normalized spacial score (nSPS) is 17.0. The number of nitrogens with two attached hydrogens (primary N) is 1. The smallest absolute Gasteiger partial charge is 0.265 e. The molecule has 1 aliphatic carbocycles. The fourth-order valence-corrected chi connectivity index (χ4v) is 4.39. The molecule has 1 unspecified atom stereocenters. The summed E-state index contributed by atoms with van der Waals surface area (Å²) in [7, 11) is 0. The van der Waals surface area contributed by atoms with Gasteiger partial charge < -0.3 is 11.1 Å². The Bertz CT molecular complexity index is 800. The molecule has 1 aromatic carbocycles. The second-order valence-corrected chi connectivity index (χ2v) is 8.90. The van der Waals surface area contributed by atoms with Crippen LogP contribution in [0.25, 0.3) is 0 Å². The molecule has 4 nitrogen and oxygen atoms in total. The number of nitrogens with one attached hydrogen (secondary N) is 1. The van der Waals surface area contributed by atoms with Gasteiger partial charge in [-0.25, -0.2) is 0 Å². The minimum atomic E-state index is -0.475. The molecule has 1 aliphatic rings. The molecule has 0 aliphatic heterocycles. The van der Waals surface area contributed by atoms with Crippen molar-refractivity contribution in [3.05, 3.63) is 51.2 Å². The second-order valence-electron chi connectivity index (χ2n) is 7.76. The maximum absolute atomic E-state index is 12.5. The zero-order valence-electron chi connectivity index (χ0n) is 14.9. The van der Waals surface area contributed by atoms with Crippen LogP contribution >= 0.6 is 11.3 Å². The van der Waals surface area contributed by atoms with E-state index < -0.39 is 5.91 Å². The van der Waals surface area contributed by atoms with E-state index in [2.05, 4.69) is 26.1 Å². The van der Waals surface area contributed by atoms with E-state index in [1.807, 2.05) is 6.07 Å². The Morgan fingerprint density at radius 3 is 2.48 bits per heavy atom. The topological polar surface area (TPSA) is 72.2 Å². The van der Waals surface area contributed by atoms with Gasteiger partial charge in [-0.3, -0.25) is 9.59 Å². The summed E-state index contributed by atoms with van der Waals surface area (Å²) >= 11 is 1.60. The highest BCUT2D eigenvalue weighted by Crippen LogP contribution is 2.40. The van der Waals surface area contributed by atoms with Gasteiger partial charge in [-0.05, 0) is 66.5 Å². The van der Waals surface area contributed by atoms with E-state index in [0.717, 1.165) is 17.7 Å². The van der Waals surface area contributed by atoms with Crippen molar-refractivity contribution in [1.82, 2.24) is 0 Å². The number of carbonyl (C=O) groups excluding carboxylic acids is 2. The molecule has 132 valence electrons. The molecular weight excluding hydrogens is 332 g/mol. The Morgan fingerprint density at radius 1 is 1.20 bits per heavy atom. The SMILES string of the molecule is CC(C)(C)C1CCc2sc(C(=O)Nc3ccc(C(N)=O)cc3)cc2C1. The lowest BCUT2D eigenvalue weighted by molar-refractivity contribution is 0.0998. The Kier molecular flexibility index (Phi) is 4.69. The van der Waals surface area contributed by atoms with Crippen molar-refractivity contribution >= 4 is 28.8 Å². The number of benzene rings is 1. The lowest BCUT2D eigenvalue weighted by atomic mass is 9.72. The highest BCUT2D eigenvalue weighted by atomic mass is 32.1. The number of primary amides is 1. The fourth-order valence-electron chi connectivity index (χ4n) is 3.29. The van der Waals surface area contributed by atoms with Crippen molar-refractivity contribution in [3.63, 3.8) is 0 Å². The number of hydrogen-bond donors (Lipinski definition) is 2. The van der Waals surface area contributed by atoms with Crippen LogP contribution in [-0.4, -0.2) is 11.8 Å². The highest BCUT2D eigenvalue weighted by molar-refractivity contribution is 7.14. The molecule has 1 atom stereocenters. The summed E-state index contributed by atoms with van der Waals surface area (Å²) < 4.78 is 0. The van der Waals surface area contributed by atoms with E-state index in [1.165, 1.54) is 16.9 Å². The number of aryl methyl sites for hydroxylation is 1. The van der Waals surface area contributed by atoms with Crippen molar-refractivity contribution in [3.8, 4) is 0 Å². The average Bonchev–Trinajstić information content (AvgIpc) is 2.97. The molecule has 0 fully saturated rings. The van der Waals surface area contributed by atoms with Gasteiger partial charge in [-0.1, -0.05) is 20.8 Å². The molecule has 0 bridgehead atoms. The number of carbonyl (C=O) groups is 2. The third kappa shape index (κ3) is 3.93. The zero-order valence-corrected chi connectivity index (χ0v) is 15.7. The third-order valence-corrected chi connectivity index (χ3v) is 6.19. The standard InChI is InChI=1S/C20H24N2O2S/c1-20(2,3)14-6-9-16-13(10-14)11-17(25-16)19(24)22-15-7-4-12(5-8-15)18(21)23/h4-5,7-8,11,14H,6,9-10H2,1-3H3,(H2,21,23)(H,22,24). The summed E-state index contributed by atoms with van der Waals surface area (Å²) in [4.78, 5) is 25.7. The summed E-state index contributed by atoms with van der Waals surface area (Å²) in [5.74, 6) is 0.0857. The van der Waals surface area contributed by atoms with Gasteiger partial charge in [0.25, 0.3) is 5.91 Å². The Hall–Kier alpha value is -2.14. The van der Waals surface area contributed by atoms with Crippen LogP contribution in [0, 0.1) is 11.3 Å². The van der Waals surface area contributed by atoms with Gasteiger partial charge in [-0.15, -0.1) is 11.3 Å². The summed E-state index contributed by atoms with van der Waals surface area (Å²) in [6.07, 6.45) is 3.30. The third-order valence-electron chi connectivity index (χ3n) is 4.96. The number of hydrogen-bond acceptors (Lipinski definition) is 3. The number of rotatable bonds is 3. The number of thiophene rings is 1. The van der Waals surface area contributed by atoms with E-state index in [0.29, 0.717) is 22.6 Å². The van der Waals surface area contributed by atoms with Crippen molar-refractivity contribution < 1.29 is 9.59 Å². The predicted octanol–water partition coefficient (Wildman–Crippen LogP) is 4.25. The predicted molar refractivity (Wildman–Crippen MR) is 102 cm³/mol. The minimum Gasteiger partial charge on any atom is -0.366 e. The molecule has 0 saturated heterocycles. The Balaban J connectivity index is 1.72. The van der Waals surface area contributed by atoms with Crippen LogP contribution in [-0.2, 0) is 12.8 Å². The first kappa shape index (κ1) is 17.7. The molecular formula is C20H24N2O2S. The van der Waals surface area contributed by atoms with Gasteiger partial charge in [0.1, 0.15) is 0 Å². The quantitative estimate of drug-likeness (QED) is 0.863. The maximum Gasteiger partial charge on any atom is 0.265 e. The Labute approximate surface area is 152 Å². The van der Waals surface area contributed by atoms with Gasteiger partial charge in [0.2, 0.25) is 5.91 Å². The van der Waals surface area contributed by atoms with Crippen molar-refractivity contribution in [2.75, 3.05) is 5.32 Å². The van der Waals surface area contributed by atoms with Gasteiger partial charge in [0, 0.05) is 16.1 Å². The molecule has 25 heavy (non-hydrogen) atoms. The Morgan fingerprint density at radius 2 is 1.88 bits per heavy atom. The van der Waals surface area contributed by atoms with Crippen molar-refractivity contribution in [2.24, 2.45) is 17.1 Å². The molecule has 2 amide bonds. The van der Waals surface area contributed by atoms with Crippen molar-refractivity contribution in [1.29, 1.82) is 0 Å². The number of fused-ring (bicyclic) bond motifs is 1. The minimum absolute atomic E-state index is 0.0986. The van der Waals surface area contributed by atoms with Crippen LogP contribution in [0.3, 0.4) is 0 Å². The number of amides is 2. The van der Waals surface area contributed by atoms with E-state index in [4.69, 9.17) is 5.73 Å². The molecule has 1 heterocycles. The van der Waals surface area contributed by atoms with Crippen LogP contribution in [0.5, 0.6) is 0 Å². The van der Waals surface area contributed by atoms with Crippen LogP contribution < -0.4 is 11.1 Å². The monoisotopic (exact) mass is 356 g/mol. The fraction of sp³-hybridized carbons (Fsp3) is 0.400. The van der Waals surface area contributed by atoms with Crippen molar-refractivity contribution in [2.45, 2.75) is 40.0 Å². The van der Waals surface area contributed by atoms with Gasteiger partial charge in [0.15, 0.2) is 0 Å². The van der Waals surface area contributed by atoms with Crippen LogP contribution in [0.4, 0.5) is 5.69 Å². The lowest BCUT2D eigenvalue weighted by Gasteiger charge is -2.33. The summed E-state index contributed by atoms with van der Waals surface area (Å²) in [6.45, 7) is 6.87. The maximum atomic E-state index is 12.5. The first-order valence-electron chi connectivity index (χ1n) is 8.57. The van der Waals surface area contributed by atoms with E-state index in [-0.39, 0.29) is 5.91 Å². The lowest BCUT2D eigenvalue weighted by Crippen LogP contribution is -2.26. The van der Waals surface area contributed by atoms with Crippen LogP contribution in [0.15, 0.2) is 30.3 Å². The number of anilines is 1. The molecule has 5 heteroatoms. The molecule has 0 spiro atoms. The summed E-state index contributed by atoms with van der Waals surface area (Å²) in [5.41, 5.74) is 7.94. The molecule has 1 aromatic heterocycles. The first-order valence-corrected chi connectivity index (χ1v) is 9.38. The molecule has 0 saturated carbocycles. The second kappa shape index (κ2) is 6.64. The largest absolute Gasteiger partial charge is 0.366 e. The molecule has 3 rings (SSSR count). The van der Waals surface area contributed by atoms with Crippen LogP contribution in [0.2, 0.25) is 0 Å². The zero-order chi connectivity index (χ0) is 18.2. The molecule has 3 N–H and O–H groups in total. The molecule has 0 radical (unpaired) electrons. The van der Waals surface area contributed by atoms with Gasteiger partial charge >= 0.3 is 0 Å². The average molecular weight is 356 g/mol. The van der Waals surface area contributed by atoms with Gasteiger partial charge in [-0.2, -0.15) is 0 Å². The highest BCUT2D eigenvalue weighted by Gasteiger charge is 2.30. The summed E-state index contributed by atoms with van der Waals surface area (Å²) in [6, 6.07) is 8.67. The van der Waals surface area contributed by atoms with Gasteiger partial charge in [0.05, 0.1) is 4.88 Å². The first-order chi connectivity index (χ1) is 11.7.